The van der Waals surface area contributed by atoms with Crippen molar-refractivity contribution < 1.29 is 38.5 Å². The molecule has 3 aliphatic heterocycles. The standard InChI is InChI=1S/C6H9O8P/c7-4(8)5-1-12-6(13-2-5,14-3-5)15(9,10)11/h1-3H2,(H,7,8)(H2,9,10,11). The van der Waals surface area contributed by atoms with Crippen molar-refractivity contribution in [2.24, 2.45) is 5.41 Å². The van der Waals surface area contributed by atoms with Crippen LogP contribution in [0.2, 0.25) is 0 Å². The number of rotatable bonds is 2. The molecule has 8 nitrogen and oxygen atoms in total. The summed E-state index contributed by atoms with van der Waals surface area (Å²) in [4.78, 5) is 28.7. The first kappa shape index (κ1) is 11.0. The van der Waals surface area contributed by atoms with Crippen LogP contribution in [-0.4, -0.2) is 46.4 Å². The molecule has 0 aliphatic carbocycles. The van der Waals surface area contributed by atoms with E-state index in [9.17, 15) is 9.36 Å². The molecule has 0 spiro atoms. The van der Waals surface area contributed by atoms with Crippen molar-refractivity contribution in [2.75, 3.05) is 19.8 Å². The van der Waals surface area contributed by atoms with Crippen LogP contribution in [0.25, 0.3) is 0 Å². The Balaban J connectivity index is 2.25. The quantitative estimate of drug-likeness (QED) is 0.521. The highest BCUT2D eigenvalue weighted by Crippen LogP contribution is 2.58. The van der Waals surface area contributed by atoms with E-state index < -0.39 is 24.7 Å². The van der Waals surface area contributed by atoms with E-state index in [0.29, 0.717) is 0 Å². The highest BCUT2D eigenvalue weighted by molar-refractivity contribution is 7.52. The van der Waals surface area contributed by atoms with Crippen LogP contribution < -0.4 is 0 Å². The summed E-state index contributed by atoms with van der Waals surface area (Å²) in [6.07, 6.45) is 0. The van der Waals surface area contributed by atoms with Crippen molar-refractivity contribution in [2.45, 2.75) is 5.71 Å². The Hall–Kier alpha value is -0.500. The van der Waals surface area contributed by atoms with E-state index in [1.807, 2.05) is 0 Å². The van der Waals surface area contributed by atoms with Crippen LogP contribution in [0.5, 0.6) is 0 Å². The van der Waals surface area contributed by atoms with E-state index in [1.165, 1.54) is 0 Å². The third kappa shape index (κ3) is 1.42. The van der Waals surface area contributed by atoms with Gasteiger partial charge in [0.2, 0.25) is 0 Å². The minimum atomic E-state index is -4.75. The molecule has 0 aromatic rings. The molecule has 86 valence electrons. The van der Waals surface area contributed by atoms with Crippen molar-refractivity contribution in [1.29, 1.82) is 0 Å². The van der Waals surface area contributed by atoms with E-state index in [0.717, 1.165) is 0 Å². The molecule has 3 heterocycles. The summed E-state index contributed by atoms with van der Waals surface area (Å²) in [5.74, 6) is -1.18. The summed E-state index contributed by atoms with van der Waals surface area (Å²) in [5, 5.41) is 8.87. The lowest BCUT2D eigenvalue weighted by Gasteiger charge is -2.48. The lowest BCUT2D eigenvalue weighted by atomic mass is 9.90. The first-order chi connectivity index (χ1) is 6.81. The minimum absolute atomic E-state index is 0.340. The van der Waals surface area contributed by atoms with Crippen molar-refractivity contribution in [3.05, 3.63) is 0 Å². The van der Waals surface area contributed by atoms with Crippen LogP contribution in [0.4, 0.5) is 0 Å². The molecule has 2 bridgehead atoms. The van der Waals surface area contributed by atoms with Gasteiger partial charge in [0.05, 0.1) is 19.8 Å². The average Bonchev–Trinajstić information content (AvgIpc) is 2.19. The molecule has 0 unspecified atom stereocenters. The van der Waals surface area contributed by atoms with Gasteiger partial charge in [-0.05, 0) is 0 Å². The SMILES string of the molecule is O=C(O)C12COC(P(=O)(O)O)(OC1)OC2. The lowest BCUT2D eigenvalue weighted by molar-refractivity contribution is -0.423. The van der Waals surface area contributed by atoms with Gasteiger partial charge in [-0.25, -0.2) is 0 Å². The van der Waals surface area contributed by atoms with Gasteiger partial charge in [-0.15, -0.1) is 0 Å². The maximum atomic E-state index is 11.0. The van der Waals surface area contributed by atoms with Gasteiger partial charge >= 0.3 is 19.3 Å². The Kier molecular flexibility index (Phi) is 2.20. The predicted molar refractivity (Wildman–Crippen MR) is 42.7 cm³/mol. The summed E-state index contributed by atoms with van der Waals surface area (Å²) in [6, 6.07) is 0. The Labute approximate surface area is 83.9 Å². The van der Waals surface area contributed by atoms with Crippen LogP contribution in [-0.2, 0) is 23.6 Å². The number of hydrogen-bond acceptors (Lipinski definition) is 5. The molecule has 0 amide bonds. The number of carboxylic acid groups (broad SMARTS) is 1. The fourth-order valence-corrected chi connectivity index (χ4v) is 2.07. The second kappa shape index (κ2) is 3.00. The molecular weight excluding hydrogens is 231 g/mol. The van der Waals surface area contributed by atoms with E-state index in [1.54, 1.807) is 0 Å². The number of fused-ring (bicyclic) bond motifs is 3. The average molecular weight is 240 g/mol. The van der Waals surface area contributed by atoms with Crippen LogP contribution in [0, 0.1) is 5.41 Å². The zero-order valence-corrected chi connectivity index (χ0v) is 8.35. The number of carbonyl (C=O) groups is 1. The van der Waals surface area contributed by atoms with Gasteiger partial charge in [0.1, 0.15) is 5.41 Å². The van der Waals surface area contributed by atoms with Gasteiger partial charge in [0.15, 0.2) is 0 Å². The lowest BCUT2D eigenvalue weighted by Crippen LogP contribution is -2.62. The van der Waals surface area contributed by atoms with Crippen LogP contribution in [0.1, 0.15) is 0 Å². The molecule has 3 rings (SSSR count). The van der Waals surface area contributed by atoms with Crippen molar-refractivity contribution >= 4 is 13.6 Å². The summed E-state index contributed by atoms with van der Waals surface area (Å²) in [6.45, 7) is -1.02. The normalized spacial score (nSPS) is 40.4. The third-order valence-electron chi connectivity index (χ3n) is 2.40. The Bertz CT molecular complexity index is 321. The number of carboxylic acids is 1. The topological polar surface area (TPSA) is 123 Å². The number of hydrogen-bond donors (Lipinski definition) is 3. The minimum Gasteiger partial charge on any atom is -0.481 e. The molecule has 3 saturated heterocycles. The van der Waals surface area contributed by atoms with Crippen LogP contribution >= 0.6 is 7.60 Å². The van der Waals surface area contributed by atoms with E-state index in [-0.39, 0.29) is 19.8 Å². The number of aliphatic carboxylic acids is 1. The van der Waals surface area contributed by atoms with Gasteiger partial charge in [-0.3, -0.25) is 9.36 Å². The van der Waals surface area contributed by atoms with Gasteiger partial charge in [0, 0.05) is 0 Å². The maximum absolute atomic E-state index is 11.0. The van der Waals surface area contributed by atoms with Gasteiger partial charge in [0.25, 0.3) is 0 Å². The number of ether oxygens (including phenoxy) is 3. The maximum Gasteiger partial charge on any atom is 0.415 e. The Morgan fingerprint density at radius 1 is 1.13 bits per heavy atom. The first-order valence-corrected chi connectivity index (χ1v) is 5.64. The van der Waals surface area contributed by atoms with Crippen LogP contribution in [0.15, 0.2) is 0 Å². The third-order valence-corrected chi connectivity index (χ3v) is 3.50. The molecule has 3 aliphatic rings. The molecule has 15 heavy (non-hydrogen) atoms. The molecule has 0 aromatic heterocycles. The largest absolute Gasteiger partial charge is 0.481 e. The van der Waals surface area contributed by atoms with Crippen molar-refractivity contribution in [1.82, 2.24) is 0 Å². The second-order valence-corrected chi connectivity index (χ2v) is 5.16. The molecule has 0 radical (unpaired) electrons. The van der Waals surface area contributed by atoms with Gasteiger partial charge in [-0.2, -0.15) is 0 Å². The van der Waals surface area contributed by atoms with E-state index in [4.69, 9.17) is 29.1 Å². The Morgan fingerprint density at radius 3 is 1.80 bits per heavy atom. The Morgan fingerprint density at radius 2 is 1.53 bits per heavy atom. The molecular formula is C6H9O8P. The summed E-state index contributed by atoms with van der Waals surface area (Å²) in [7, 11) is -4.75. The molecule has 0 atom stereocenters. The van der Waals surface area contributed by atoms with Crippen molar-refractivity contribution in [3.8, 4) is 0 Å². The molecule has 0 saturated carbocycles. The fraction of sp³-hybridized carbons (Fsp3) is 0.833. The van der Waals surface area contributed by atoms with Crippen molar-refractivity contribution in [3.63, 3.8) is 0 Å². The zero-order chi connectivity index (χ0) is 11.3. The first-order valence-electron chi connectivity index (χ1n) is 4.02. The smallest absolute Gasteiger partial charge is 0.415 e. The molecule has 3 N–H and O–H groups in total. The highest BCUT2D eigenvalue weighted by Gasteiger charge is 2.64. The van der Waals surface area contributed by atoms with E-state index >= 15 is 0 Å². The summed E-state index contributed by atoms with van der Waals surface area (Å²) < 4.78 is 25.1. The monoisotopic (exact) mass is 240 g/mol. The predicted octanol–water partition coefficient (Wildman–Crippen LogP) is -1.08. The van der Waals surface area contributed by atoms with Gasteiger partial charge < -0.3 is 29.1 Å². The highest BCUT2D eigenvalue weighted by atomic mass is 31.2. The molecule has 0 aromatic carbocycles. The second-order valence-electron chi connectivity index (χ2n) is 3.52. The summed E-state index contributed by atoms with van der Waals surface area (Å²) >= 11 is 0. The van der Waals surface area contributed by atoms with Gasteiger partial charge in [-0.1, -0.05) is 0 Å². The summed E-state index contributed by atoms with van der Waals surface area (Å²) in [5.41, 5.74) is -3.78. The van der Waals surface area contributed by atoms with E-state index in [2.05, 4.69) is 0 Å². The molecule has 3 fully saturated rings. The molecule has 9 heteroatoms. The fourth-order valence-electron chi connectivity index (χ4n) is 1.38. The zero-order valence-electron chi connectivity index (χ0n) is 7.45. The van der Waals surface area contributed by atoms with Crippen LogP contribution in [0.3, 0.4) is 0 Å².